The van der Waals surface area contributed by atoms with Gasteiger partial charge in [-0.05, 0) is 49.7 Å². The monoisotopic (exact) mass is 596 g/mol. The van der Waals surface area contributed by atoms with Gasteiger partial charge >= 0.3 is 6.61 Å². The van der Waals surface area contributed by atoms with E-state index < -0.39 is 18.7 Å². The maximum absolute atomic E-state index is 14.0. The number of rotatable bonds is 6. The summed E-state index contributed by atoms with van der Waals surface area (Å²) in [6, 6.07) is 10.8. The first-order valence-corrected chi connectivity index (χ1v) is 13.6. The minimum Gasteiger partial charge on any atom is -0.435 e. The van der Waals surface area contributed by atoms with E-state index in [9.17, 15) is 28.4 Å². The average Bonchev–Trinajstić information content (AvgIpc) is 3.34. The molecular weight excluding hydrogens is 570 g/mol. The molecule has 2 aliphatic heterocycles. The first kappa shape index (κ1) is 29.0. The Hall–Kier alpha value is -4.50. The average molecular weight is 597 g/mol. The summed E-state index contributed by atoms with van der Waals surface area (Å²) in [5, 5.41) is 16.9. The number of hydrogen-bond donors (Lipinski definition) is 1. The van der Waals surface area contributed by atoms with Crippen LogP contribution in [0, 0.1) is 11.3 Å². The van der Waals surface area contributed by atoms with Crippen LogP contribution in [0.1, 0.15) is 69.2 Å². The van der Waals surface area contributed by atoms with E-state index in [1.54, 1.807) is 34.9 Å². The number of amides is 3. The number of ether oxygens (including phenoxy) is 1. The third-order valence-electron chi connectivity index (χ3n) is 7.77. The molecule has 2 aromatic carbocycles. The van der Waals surface area contributed by atoms with Crippen LogP contribution < -0.4 is 10.1 Å². The van der Waals surface area contributed by atoms with Gasteiger partial charge in [-0.3, -0.25) is 14.4 Å². The Balaban J connectivity index is 1.50. The van der Waals surface area contributed by atoms with E-state index >= 15 is 0 Å². The molecule has 3 atom stereocenters. The van der Waals surface area contributed by atoms with Gasteiger partial charge in [-0.25, -0.2) is 4.68 Å². The van der Waals surface area contributed by atoms with Crippen molar-refractivity contribution in [2.24, 2.45) is 0 Å². The van der Waals surface area contributed by atoms with Gasteiger partial charge in [-0.1, -0.05) is 23.7 Å². The molecular formula is C29H27ClF2N6O4. The Morgan fingerprint density at radius 3 is 2.57 bits per heavy atom. The summed E-state index contributed by atoms with van der Waals surface area (Å²) in [6.07, 6.45) is 0.356. The van der Waals surface area contributed by atoms with Gasteiger partial charge < -0.3 is 19.9 Å². The molecule has 3 aromatic rings. The van der Waals surface area contributed by atoms with Gasteiger partial charge in [0.2, 0.25) is 5.91 Å². The Bertz CT molecular complexity index is 1600. The quantitative estimate of drug-likeness (QED) is 0.457. The minimum atomic E-state index is -2.96. The first-order chi connectivity index (χ1) is 20.0. The number of fused-ring (bicyclic) bond motifs is 3. The normalized spacial score (nSPS) is 18.7. The van der Waals surface area contributed by atoms with E-state index in [0.29, 0.717) is 23.2 Å². The molecule has 1 unspecified atom stereocenters. The first-order valence-electron chi connectivity index (χ1n) is 13.2. The van der Waals surface area contributed by atoms with Gasteiger partial charge in [0, 0.05) is 30.6 Å². The summed E-state index contributed by atoms with van der Waals surface area (Å²) in [4.78, 5) is 43.8. The summed E-state index contributed by atoms with van der Waals surface area (Å²) in [6.45, 7) is 0.796. The fourth-order valence-electron chi connectivity index (χ4n) is 5.48. The molecule has 0 spiro atoms. The summed E-state index contributed by atoms with van der Waals surface area (Å²) in [7, 11) is 1.50. The number of carbonyl (C=O) groups is 3. The lowest BCUT2D eigenvalue weighted by Gasteiger charge is -2.38. The molecule has 42 heavy (non-hydrogen) atoms. The Labute approximate surface area is 245 Å². The SMILES string of the molecule is CNC(=O)[C@@H]1CN(C(C)c2ccc(OC(F)F)cc2)C(=O)c2c3c(nn21)C[C@@H](C)N(C(=O)c1ccc(Cl)c(C#N)c1)C3. The van der Waals surface area contributed by atoms with Crippen molar-refractivity contribution in [3.8, 4) is 11.8 Å². The molecule has 0 bridgehead atoms. The van der Waals surface area contributed by atoms with Crippen LogP contribution in [0.3, 0.4) is 0 Å². The Morgan fingerprint density at radius 2 is 1.93 bits per heavy atom. The third kappa shape index (κ3) is 5.16. The Morgan fingerprint density at radius 1 is 1.21 bits per heavy atom. The number of aromatic nitrogens is 2. The molecule has 3 amide bonds. The van der Waals surface area contributed by atoms with Crippen LogP contribution in [-0.2, 0) is 17.8 Å². The molecule has 3 heterocycles. The van der Waals surface area contributed by atoms with E-state index in [4.69, 9.17) is 11.6 Å². The number of nitrogens with one attached hydrogen (secondary N) is 1. The van der Waals surface area contributed by atoms with Crippen molar-refractivity contribution < 1.29 is 27.9 Å². The van der Waals surface area contributed by atoms with Crippen LogP contribution in [0.25, 0.3) is 0 Å². The molecule has 0 aliphatic carbocycles. The molecule has 1 aromatic heterocycles. The predicted octanol–water partition coefficient (Wildman–Crippen LogP) is 4.10. The van der Waals surface area contributed by atoms with Crippen molar-refractivity contribution in [3.05, 3.63) is 81.1 Å². The fourth-order valence-corrected chi connectivity index (χ4v) is 5.64. The van der Waals surface area contributed by atoms with Crippen molar-refractivity contribution in [2.75, 3.05) is 13.6 Å². The lowest BCUT2D eigenvalue weighted by molar-refractivity contribution is -0.125. The third-order valence-corrected chi connectivity index (χ3v) is 8.10. The van der Waals surface area contributed by atoms with Crippen molar-refractivity contribution in [1.29, 1.82) is 5.26 Å². The largest absolute Gasteiger partial charge is 0.435 e. The van der Waals surface area contributed by atoms with E-state index in [0.717, 1.165) is 0 Å². The van der Waals surface area contributed by atoms with Crippen molar-refractivity contribution in [1.82, 2.24) is 24.9 Å². The van der Waals surface area contributed by atoms with Gasteiger partial charge in [0.1, 0.15) is 23.6 Å². The molecule has 13 heteroatoms. The zero-order valence-electron chi connectivity index (χ0n) is 23.0. The van der Waals surface area contributed by atoms with Crippen molar-refractivity contribution in [2.45, 2.75) is 51.6 Å². The second-order valence-electron chi connectivity index (χ2n) is 10.2. The summed E-state index contributed by atoms with van der Waals surface area (Å²) >= 11 is 6.06. The Kier molecular flexibility index (Phi) is 7.88. The van der Waals surface area contributed by atoms with Gasteiger partial charge in [0.25, 0.3) is 11.8 Å². The molecule has 0 saturated heterocycles. The van der Waals surface area contributed by atoms with Gasteiger partial charge in [-0.15, -0.1) is 0 Å². The molecule has 2 aliphatic rings. The molecule has 1 N–H and O–H groups in total. The number of benzene rings is 2. The van der Waals surface area contributed by atoms with Crippen LogP contribution >= 0.6 is 11.6 Å². The maximum Gasteiger partial charge on any atom is 0.387 e. The highest BCUT2D eigenvalue weighted by molar-refractivity contribution is 6.31. The summed E-state index contributed by atoms with van der Waals surface area (Å²) < 4.78 is 31.1. The van der Waals surface area contributed by atoms with Crippen LogP contribution in [-0.4, -0.2) is 63.5 Å². The zero-order valence-corrected chi connectivity index (χ0v) is 23.7. The second kappa shape index (κ2) is 11.4. The second-order valence-corrected chi connectivity index (χ2v) is 10.6. The lowest BCUT2D eigenvalue weighted by Crippen LogP contribution is -2.49. The number of carbonyl (C=O) groups excluding carboxylic acids is 3. The topological polar surface area (TPSA) is 121 Å². The van der Waals surface area contributed by atoms with E-state index in [2.05, 4.69) is 15.2 Å². The fraction of sp³-hybridized carbons (Fsp3) is 0.345. The number of hydrogen-bond acceptors (Lipinski definition) is 6. The van der Waals surface area contributed by atoms with E-state index in [-0.39, 0.29) is 64.4 Å². The van der Waals surface area contributed by atoms with Crippen LogP contribution in [0.2, 0.25) is 5.02 Å². The number of likely N-dealkylation sites (N-methyl/N-ethyl adjacent to an activating group) is 1. The number of alkyl halides is 2. The number of halogens is 3. The summed E-state index contributed by atoms with van der Waals surface area (Å²) in [5.41, 5.74) is 2.51. The lowest BCUT2D eigenvalue weighted by atomic mass is 9.96. The minimum absolute atomic E-state index is 0.0113. The molecule has 0 saturated carbocycles. The maximum atomic E-state index is 14.0. The molecule has 10 nitrogen and oxygen atoms in total. The van der Waals surface area contributed by atoms with Crippen LogP contribution in [0.15, 0.2) is 42.5 Å². The smallest absolute Gasteiger partial charge is 0.387 e. The van der Waals surface area contributed by atoms with Gasteiger partial charge in [-0.2, -0.15) is 19.1 Å². The zero-order chi connectivity index (χ0) is 30.3. The van der Waals surface area contributed by atoms with Gasteiger partial charge in [0.15, 0.2) is 0 Å². The standard InChI is InChI=1S/C29H27ClF2N6O4/c1-15-10-23-21(13-36(15)27(40)18-6-9-22(30)19(11-18)12-33)25-28(41)37(14-24(26(39)34-3)38(25)35-23)16(2)17-4-7-20(8-5-17)42-29(31)32/h4-9,11,15-16,24,29H,10,13-14H2,1-3H3,(H,34,39)/t15-,16?,24+/m1/s1. The van der Waals surface area contributed by atoms with E-state index in [1.807, 2.05) is 13.0 Å². The number of nitriles is 1. The van der Waals surface area contributed by atoms with Crippen LogP contribution in [0.5, 0.6) is 5.75 Å². The molecule has 218 valence electrons. The number of nitrogens with zero attached hydrogens (tertiary/aromatic N) is 5. The van der Waals surface area contributed by atoms with Gasteiger partial charge in [0.05, 0.1) is 35.4 Å². The van der Waals surface area contributed by atoms with Crippen LogP contribution in [0.4, 0.5) is 8.78 Å². The van der Waals surface area contributed by atoms with E-state index in [1.165, 1.54) is 36.0 Å². The molecule has 0 fully saturated rings. The highest BCUT2D eigenvalue weighted by Crippen LogP contribution is 2.36. The van der Waals surface area contributed by atoms with Crippen molar-refractivity contribution >= 4 is 29.3 Å². The predicted molar refractivity (Wildman–Crippen MR) is 147 cm³/mol. The molecule has 5 rings (SSSR count). The highest BCUT2D eigenvalue weighted by Gasteiger charge is 2.43. The highest BCUT2D eigenvalue weighted by atomic mass is 35.5. The molecule has 0 radical (unpaired) electrons. The van der Waals surface area contributed by atoms with Crippen molar-refractivity contribution in [3.63, 3.8) is 0 Å². The summed E-state index contributed by atoms with van der Waals surface area (Å²) in [5.74, 6) is -1.05.